The molecule has 0 atom stereocenters. The van der Waals surface area contributed by atoms with Gasteiger partial charge in [-0.2, -0.15) is 18.8 Å². The van der Waals surface area contributed by atoms with E-state index >= 15 is 0 Å². The van der Waals surface area contributed by atoms with Crippen LogP contribution >= 0.6 is 0 Å². The molecule has 0 unspecified atom stereocenters. The first-order valence-corrected chi connectivity index (χ1v) is 9.56. The number of rotatable bonds is 7. The number of hydrogen-bond acceptors (Lipinski definition) is 5. The fourth-order valence-corrected chi connectivity index (χ4v) is 2.92. The quantitative estimate of drug-likeness (QED) is 0.419. The van der Waals surface area contributed by atoms with Crippen LogP contribution in [-0.2, 0) is 23.7 Å². The molecule has 0 saturated carbocycles. The molecule has 1 aromatic carbocycles. The van der Waals surface area contributed by atoms with Crippen molar-refractivity contribution >= 4 is 5.91 Å². The van der Waals surface area contributed by atoms with E-state index in [-0.39, 0.29) is 28.2 Å². The third-order valence-corrected chi connectivity index (χ3v) is 4.61. The fourth-order valence-electron chi connectivity index (χ4n) is 2.92. The van der Waals surface area contributed by atoms with Crippen molar-refractivity contribution in [2.45, 2.75) is 18.9 Å². The first-order chi connectivity index (χ1) is 15.7. The lowest BCUT2D eigenvalue weighted by Crippen LogP contribution is -2.33. The zero-order chi connectivity index (χ0) is 24.0. The van der Waals surface area contributed by atoms with Gasteiger partial charge in [-0.1, -0.05) is 30.3 Å². The van der Waals surface area contributed by atoms with E-state index in [1.807, 2.05) is 0 Å². The molecule has 2 heterocycles. The highest BCUT2D eigenvalue weighted by molar-refractivity contribution is 5.78. The standard InChI is InChI=1S/C22H17F4N5O2/c23-16-7-4-8-28-18(16)12-29-20(32)10-19-14(11-27)9-17(24)21(31(19)33)30-13-22(25,26)15-5-2-1-3-6-15/h1-9,33H,10,12-13H2,(H,29,32). The lowest BCUT2D eigenvalue weighted by Gasteiger charge is -2.15. The molecular weight excluding hydrogens is 442 g/mol. The molecule has 0 aliphatic carbocycles. The Kier molecular flexibility index (Phi) is 7.07. The third-order valence-electron chi connectivity index (χ3n) is 4.61. The van der Waals surface area contributed by atoms with Gasteiger partial charge < -0.3 is 10.5 Å². The van der Waals surface area contributed by atoms with Crippen LogP contribution in [0.3, 0.4) is 0 Å². The molecule has 1 amide bonds. The summed E-state index contributed by atoms with van der Waals surface area (Å²) >= 11 is 0. The van der Waals surface area contributed by atoms with Crippen molar-refractivity contribution in [2.24, 2.45) is 4.99 Å². The highest BCUT2D eigenvalue weighted by Gasteiger charge is 2.31. The summed E-state index contributed by atoms with van der Waals surface area (Å²) < 4.78 is 56.9. The maximum Gasteiger partial charge on any atom is 0.292 e. The van der Waals surface area contributed by atoms with Crippen LogP contribution < -0.4 is 10.8 Å². The van der Waals surface area contributed by atoms with E-state index in [1.165, 1.54) is 36.5 Å². The number of nitrogens with zero attached hydrogens (tertiary/aromatic N) is 4. The SMILES string of the molecule is N#Cc1cc(F)c(=NCC(F)(F)c2ccccc2)n(O)c1CC(=O)NCc1ncccc1F. The third kappa shape index (κ3) is 5.54. The average Bonchev–Trinajstić information content (AvgIpc) is 2.80. The van der Waals surface area contributed by atoms with Crippen molar-refractivity contribution < 1.29 is 27.6 Å². The number of nitriles is 1. The van der Waals surface area contributed by atoms with Crippen LogP contribution in [0.1, 0.15) is 22.5 Å². The van der Waals surface area contributed by atoms with Gasteiger partial charge in [0.15, 0.2) is 11.3 Å². The summed E-state index contributed by atoms with van der Waals surface area (Å²) in [4.78, 5) is 19.5. The first-order valence-electron chi connectivity index (χ1n) is 9.56. The molecule has 0 saturated heterocycles. The molecule has 3 aromatic rings. The topological polar surface area (TPSA) is 103 Å². The second kappa shape index (κ2) is 9.95. The van der Waals surface area contributed by atoms with E-state index in [2.05, 4.69) is 15.3 Å². The van der Waals surface area contributed by atoms with Gasteiger partial charge in [-0.05, 0) is 18.2 Å². The first kappa shape index (κ1) is 23.5. The minimum Gasteiger partial charge on any atom is -0.427 e. The maximum absolute atomic E-state index is 14.4. The normalized spacial score (nSPS) is 11.8. The molecule has 7 nitrogen and oxygen atoms in total. The number of nitrogens with one attached hydrogen (secondary N) is 1. The number of pyridine rings is 2. The Labute approximate surface area is 185 Å². The molecule has 0 aliphatic rings. The Balaban J connectivity index is 1.86. The Morgan fingerprint density at radius 3 is 2.58 bits per heavy atom. The Bertz CT molecular complexity index is 1270. The number of carbonyl (C=O) groups is 1. The number of alkyl halides is 2. The Hall–Kier alpha value is -4.20. The predicted octanol–water partition coefficient (Wildman–Crippen LogP) is 2.82. The number of halogens is 4. The lowest BCUT2D eigenvalue weighted by atomic mass is 10.1. The summed E-state index contributed by atoms with van der Waals surface area (Å²) in [5.41, 5.74) is -2.04. The van der Waals surface area contributed by atoms with Gasteiger partial charge in [-0.25, -0.2) is 8.78 Å². The summed E-state index contributed by atoms with van der Waals surface area (Å²) in [6, 6.07) is 11.6. The zero-order valence-corrected chi connectivity index (χ0v) is 17.0. The number of aromatic nitrogens is 2. The maximum atomic E-state index is 14.4. The fraction of sp³-hybridized carbons (Fsp3) is 0.182. The summed E-state index contributed by atoms with van der Waals surface area (Å²) in [5, 5.41) is 22.0. The number of benzene rings is 1. The molecular formula is C22H17F4N5O2. The van der Waals surface area contributed by atoms with Gasteiger partial charge in [0, 0.05) is 11.8 Å². The van der Waals surface area contributed by atoms with Crippen LogP contribution in [0.2, 0.25) is 0 Å². The van der Waals surface area contributed by atoms with E-state index in [0.717, 1.165) is 6.07 Å². The van der Waals surface area contributed by atoms with Gasteiger partial charge in [0.05, 0.1) is 29.9 Å². The summed E-state index contributed by atoms with van der Waals surface area (Å²) in [5.74, 6) is -6.09. The summed E-state index contributed by atoms with van der Waals surface area (Å²) in [6.07, 6.45) is 0.699. The van der Waals surface area contributed by atoms with Crippen molar-refractivity contribution in [2.75, 3.05) is 6.54 Å². The van der Waals surface area contributed by atoms with Gasteiger partial charge in [0.25, 0.3) is 5.92 Å². The van der Waals surface area contributed by atoms with Gasteiger partial charge in [0.2, 0.25) is 5.91 Å². The summed E-state index contributed by atoms with van der Waals surface area (Å²) in [7, 11) is 0. The van der Waals surface area contributed by atoms with Crippen LogP contribution in [0.25, 0.3) is 0 Å². The molecule has 33 heavy (non-hydrogen) atoms. The molecule has 0 aliphatic heterocycles. The zero-order valence-electron chi connectivity index (χ0n) is 17.0. The van der Waals surface area contributed by atoms with E-state index in [9.17, 15) is 32.8 Å². The van der Waals surface area contributed by atoms with Gasteiger partial charge in [0.1, 0.15) is 18.4 Å². The average molecular weight is 459 g/mol. The molecule has 2 aromatic heterocycles. The number of amides is 1. The van der Waals surface area contributed by atoms with Crippen LogP contribution in [0.5, 0.6) is 0 Å². The largest absolute Gasteiger partial charge is 0.427 e. The van der Waals surface area contributed by atoms with Crippen molar-refractivity contribution in [1.29, 1.82) is 5.26 Å². The minimum atomic E-state index is -3.46. The molecule has 0 fully saturated rings. The second-order valence-electron chi connectivity index (χ2n) is 6.87. The van der Waals surface area contributed by atoms with Crippen LogP contribution in [0.15, 0.2) is 59.7 Å². The van der Waals surface area contributed by atoms with E-state index in [4.69, 9.17) is 0 Å². The van der Waals surface area contributed by atoms with E-state index in [1.54, 1.807) is 12.1 Å². The Morgan fingerprint density at radius 2 is 1.91 bits per heavy atom. The van der Waals surface area contributed by atoms with E-state index in [0.29, 0.717) is 6.07 Å². The predicted molar refractivity (Wildman–Crippen MR) is 107 cm³/mol. The van der Waals surface area contributed by atoms with Crippen molar-refractivity contribution in [1.82, 2.24) is 15.0 Å². The monoisotopic (exact) mass is 459 g/mol. The van der Waals surface area contributed by atoms with Crippen molar-refractivity contribution in [3.63, 3.8) is 0 Å². The highest BCUT2D eigenvalue weighted by Crippen LogP contribution is 2.27. The van der Waals surface area contributed by atoms with Crippen LogP contribution in [0.4, 0.5) is 17.6 Å². The second-order valence-corrected chi connectivity index (χ2v) is 6.87. The number of carbonyl (C=O) groups excluding carboxylic acids is 1. The van der Waals surface area contributed by atoms with Gasteiger partial charge in [-0.3, -0.25) is 14.8 Å². The van der Waals surface area contributed by atoms with Crippen LogP contribution in [-0.4, -0.2) is 27.4 Å². The number of hydrogen-bond donors (Lipinski definition) is 2. The molecule has 11 heteroatoms. The molecule has 0 bridgehead atoms. The van der Waals surface area contributed by atoms with Gasteiger partial charge in [-0.15, -0.1) is 0 Å². The minimum absolute atomic E-state index is 0.0406. The van der Waals surface area contributed by atoms with Gasteiger partial charge >= 0.3 is 0 Å². The molecule has 2 N–H and O–H groups in total. The summed E-state index contributed by atoms with van der Waals surface area (Å²) in [6.45, 7) is -1.47. The van der Waals surface area contributed by atoms with Crippen molar-refractivity contribution in [3.8, 4) is 6.07 Å². The van der Waals surface area contributed by atoms with Crippen molar-refractivity contribution in [3.05, 3.63) is 94.4 Å². The highest BCUT2D eigenvalue weighted by atomic mass is 19.3. The molecule has 3 rings (SSSR count). The smallest absolute Gasteiger partial charge is 0.292 e. The molecule has 0 radical (unpaired) electrons. The lowest BCUT2D eigenvalue weighted by molar-refractivity contribution is -0.120. The molecule has 170 valence electrons. The van der Waals surface area contributed by atoms with E-state index < -0.39 is 47.5 Å². The van der Waals surface area contributed by atoms with Crippen LogP contribution in [0, 0.1) is 23.0 Å². The Morgan fingerprint density at radius 1 is 1.18 bits per heavy atom. The molecule has 0 spiro atoms.